The van der Waals surface area contributed by atoms with E-state index < -0.39 is 0 Å². The minimum absolute atomic E-state index is 0.00928. The van der Waals surface area contributed by atoms with Gasteiger partial charge in [0.2, 0.25) is 0 Å². The lowest BCUT2D eigenvalue weighted by Crippen LogP contribution is -2.42. The molecule has 100 valence electrons. The molecule has 5 nitrogen and oxygen atoms in total. The van der Waals surface area contributed by atoms with E-state index in [0.29, 0.717) is 38.9 Å². The van der Waals surface area contributed by atoms with Gasteiger partial charge in [-0.05, 0) is 26.7 Å². The second-order valence-corrected chi connectivity index (χ2v) is 4.28. The number of rotatable bonds is 9. The minimum Gasteiger partial charge on any atom is -0.465 e. The highest BCUT2D eigenvalue weighted by molar-refractivity contribution is 5.71. The van der Waals surface area contributed by atoms with Crippen LogP contribution >= 0.6 is 0 Å². The van der Waals surface area contributed by atoms with Gasteiger partial charge >= 0.3 is 5.97 Å². The number of nitrogens with zero attached hydrogens (tertiary/aromatic N) is 1. The number of esters is 1. The molecule has 1 atom stereocenters. The highest BCUT2D eigenvalue weighted by atomic mass is 16.5. The molecule has 0 aromatic carbocycles. The van der Waals surface area contributed by atoms with Gasteiger partial charge in [0.1, 0.15) is 0 Å². The van der Waals surface area contributed by atoms with Crippen molar-refractivity contribution in [3.05, 3.63) is 0 Å². The van der Waals surface area contributed by atoms with Gasteiger partial charge in [0.15, 0.2) is 0 Å². The molecule has 5 heteroatoms. The predicted molar refractivity (Wildman–Crippen MR) is 65.7 cm³/mol. The number of nitrogens with two attached hydrogens (primary N) is 1. The number of carbonyl (C=O) groups excluding carboxylic acids is 1. The van der Waals surface area contributed by atoms with Crippen molar-refractivity contribution in [1.29, 1.82) is 0 Å². The van der Waals surface area contributed by atoms with Crippen molar-refractivity contribution in [3.63, 3.8) is 0 Å². The normalized spacial score (nSPS) is 17.2. The monoisotopic (exact) mass is 244 g/mol. The van der Waals surface area contributed by atoms with Crippen molar-refractivity contribution in [2.75, 3.05) is 32.8 Å². The molecule has 0 radical (unpaired) electrons. The van der Waals surface area contributed by atoms with E-state index in [-0.39, 0.29) is 12.1 Å². The van der Waals surface area contributed by atoms with Crippen LogP contribution in [-0.4, -0.2) is 55.9 Å². The molecule has 0 aromatic rings. The Hall–Kier alpha value is -0.650. The van der Waals surface area contributed by atoms with Crippen LogP contribution in [-0.2, 0) is 14.3 Å². The lowest BCUT2D eigenvalue weighted by Gasteiger charge is -2.25. The first-order valence-electron chi connectivity index (χ1n) is 6.42. The standard InChI is InChI=1S/C12H24N2O3/c1-3-16-11(7-13)8-14(10-5-6-10)9-12(15)17-4-2/h10-11H,3-9,13H2,1-2H3. The van der Waals surface area contributed by atoms with Crippen molar-refractivity contribution in [2.24, 2.45) is 5.73 Å². The maximum atomic E-state index is 11.5. The van der Waals surface area contributed by atoms with E-state index in [9.17, 15) is 4.79 Å². The molecule has 17 heavy (non-hydrogen) atoms. The van der Waals surface area contributed by atoms with Crippen LogP contribution in [0.4, 0.5) is 0 Å². The summed E-state index contributed by atoms with van der Waals surface area (Å²) in [4.78, 5) is 13.6. The molecular weight excluding hydrogens is 220 g/mol. The van der Waals surface area contributed by atoms with E-state index >= 15 is 0 Å². The smallest absolute Gasteiger partial charge is 0.320 e. The van der Waals surface area contributed by atoms with Crippen LogP contribution in [0.25, 0.3) is 0 Å². The molecule has 0 aromatic heterocycles. The van der Waals surface area contributed by atoms with Gasteiger partial charge < -0.3 is 15.2 Å². The molecular formula is C12H24N2O3. The topological polar surface area (TPSA) is 64.8 Å². The number of hydrogen-bond donors (Lipinski definition) is 1. The Bertz CT molecular complexity index is 232. The third kappa shape index (κ3) is 5.48. The number of ether oxygens (including phenoxy) is 2. The van der Waals surface area contributed by atoms with E-state index in [4.69, 9.17) is 15.2 Å². The average Bonchev–Trinajstić information content (AvgIpc) is 3.11. The first-order chi connectivity index (χ1) is 8.21. The Labute approximate surface area is 103 Å². The van der Waals surface area contributed by atoms with E-state index in [1.807, 2.05) is 13.8 Å². The Balaban J connectivity index is 2.39. The molecule has 0 spiro atoms. The van der Waals surface area contributed by atoms with Crippen molar-refractivity contribution in [1.82, 2.24) is 4.90 Å². The van der Waals surface area contributed by atoms with Gasteiger partial charge in [0.25, 0.3) is 0 Å². The van der Waals surface area contributed by atoms with Crippen molar-refractivity contribution in [2.45, 2.75) is 38.8 Å². The van der Waals surface area contributed by atoms with Gasteiger partial charge in [-0.3, -0.25) is 9.69 Å². The summed E-state index contributed by atoms with van der Waals surface area (Å²) in [6.07, 6.45) is 2.32. The summed E-state index contributed by atoms with van der Waals surface area (Å²) in [5.74, 6) is -0.160. The number of hydrogen-bond acceptors (Lipinski definition) is 5. The summed E-state index contributed by atoms with van der Waals surface area (Å²) in [7, 11) is 0. The highest BCUT2D eigenvalue weighted by Crippen LogP contribution is 2.26. The average molecular weight is 244 g/mol. The maximum absolute atomic E-state index is 11.5. The molecule has 0 saturated heterocycles. The molecule has 1 unspecified atom stereocenters. The second kappa shape index (κ2) is 7.63. The molecule has 0 heterocycles. The van der Waals surface area contributed by atoms with Crippen LogP contribution in [0.3, 0.4) is 0 Å². The van der Waals surface area contributed by atoms with Crippen LogP contribution in [0.15, 0.2) is 0 Å². The van der Waals surface area contributed by atoms with Crippen LogP contribution in [0.2, 0.25) is 0 Å². The first kappa shape index (κ1) is 14.4. The zero-order chi connectivity index (χ0) is 12.7. The predicted octanol–water partition coefficient (Wildman–Crippen LogP) is 0.378. The van der Waals surface area contributed by atoms with Crippen LogP contribution in [0.1, 0.15) is 26.7 Å². The SMILES string of the molecule is CCOC(=O)CN(CC(CN)OCC)C1CC1. The zero-order valence-corrected chi connectivity index (χ0v) is 10.9. The van der Waals surface area contributed by atoms with Gasteiger partial charge in [-0.1, -0.05) is 0 Å². The van der Waals surface area contributed by atoms with E-state index in [0.717, 1.165) is 12.8 Å². The van der Waals surface area contributed by atoms with Crippen molar-refractivity contribution < 1.29 is 14.3 Å². The molecule has 2 N–H and O–H groups in total. The Morgan fingerprint density at radius 1 is 1.41 bits per heavy atom. The van der Waals surface area contributed by atoms with Gasteiger partial charge in [0, 0.05) is 25.7 Å². The fourth-order valence-corrected chi connectivity index (χ4v) is 1.85. The lowest BCUT2D eigenvalue weighted by atomic mass is 10.3. The summed E-state index contributed by atoms with van der Waals surface area (Å²) in [6.45, 7) is 6.41. The minimum atomic E-state index is -0.160. The molecule has 1 aliphatic carbocycles. The molecule has 0 aliphatic heterocycles. The van der Waals surface area contributed by atoms with Crippen molar-refractivity contribution in [3.8, 4) is 0 Å². The summed E-state index contributed by atoms with van der Waals surface area (Å²) in [6, 6.07) is 0.508. The molecule has 1 rings (SSSR count). The largest absolute Gasteiger partial charge is 0.465 e. The highest BCUT2D eigenvalue weighted by Gasteiger charge is 2.32. The van der Waals surface area contributed by atoms with E-state index in [2.05, 4.69) is 4.90 Å². The van der Waals surface area contributed by atoms with Crippen molar-refractivity contribution >= 4 is 5.97 Å². The summed E-state index contributed by atoms with van der Waals surface area (Å²) in [5.41, 5.74) is 5.65. The Morgan fingerprint density at radius 2 is 2.12 bits per heavy atom. The van der Waals surface area contributed by atoms with Gasteiger partial charge in [0.05, 0.1) is 19.3 Å². The van der Waals surface area contributed by atoms with Gasteiger partial charge in [-0.25, -0.2) is 0 Å². The third-order valence-electron chi connectivity index (χ3n) is 2.80. The lowest BCUT2D eigenvalue weighted by molar-refractivity contribution is -0.145. The second-order valence-electron chi connectivity index (χ2n) is 4.28. The van der Waals surface area contributed by atoms with Crippen LogP contribution in [0.5, 0.6) is 0 Å². The zero-order valence-electron chi connectivity index (χ0n) is 10.9. The molecule has 1 aliphatic rings. The molecule has 0 bridgehead atoms. The maximum Gasteiger partial charge on any atom is 0.320 e. The fraction of sp³-hybridized carbons (Fsp3) is 0.917. The molecule has 0 amide bonds. The van der Waals surface area contributed by atoms with E-state index in [1.54, 1.807) is 0 Å². The summed E-state index contributed by atoms with van der Waals surface area (Å²) < 4.78 is 10.5. The third-order valence-corrected chi connectivity index (χ3v) is 2.80. The molecule has 1 saturated carbocycles. The van der Waals surface area contributed by atoms with Crippen LogP contribution in [0, 0.1) is 0 Å². The van der Waals surface area contributed by atoms with Gasteiger partial charge in [-0.2, -0.15) is 0 Å². The summed E-state index contributed by atoms with van der Waals surface area (Å²) in [5, 5.41) is 0. The van der Waals surface area contributed by atoms with Crippen LogP contribution < -0.4 is 5.73 Å². The first-order valence-corrected chi connectivity index (χ1v) is 6.42. The molecule has 1 fully saturated rings. The Morgan fingerprint density at radius 3 is 2.59 bits per heavy atom. The van der Waals surface area contributed by atoms with Gasteiger partial charge in [-0.15, -0.1) is 0 Å². The van der Waals surface area contributed by atoms with E-state index in [1.165, 1.54) is 0 Å². The Kier molecular flexibility index (Phi) is 6.47. The fourth-order valence-electron chi connectivity index (χ4n) is 1.85. The number of carbonyl (C=O) groups is 1. The summed E-state index contributed by atoms with van der Waals surface area (Å²) >= 11 is 0. The quantitative estimate of drug-likeness (QED) is 0.594.